The summed E-state index contributed by atoms with van der Waals surface area (Å²) in [7, 11) is 3.39. The second kappa shape index (κ2) is 8.15. The van der Waals surface area contributed by atoms with Crippen molar-refractivity contribution >= 4 is 17.5 Å². The number of aryl methyl sites for hydroxylation is 1. The third kappa shape index (κ3) is 4.84. The zero-order chi connectivity index (χ0) is 17.5. The number of hydrogen-bond donors (Lipinski definition) is 1. The van der Waals surface area contributed by atoms with Crippen LogP contribution in [0.4, 0.5) is 5.69 Å². The Kier molecular flexibility index (Phi) is 5.95. The number of nitrogens with one attached hydrogen (secondary N) is 1. The van der Waals surface area contributed by atoms with E-state index in [0.717, 1.165) is 12.0 Å². The molecule has 126 valence electrons. The molecule has 5 nitrogen and oxygen atoms in total. The summed E-state index contributed by atoms with van der Waals surface area (Å²) in [5, 5.41) is 2.75. The van der Waals surface area contributed by atoms with Gasteiger partial charge >= 0.3 is 0 Å². The fraction of sp³-hybridized carbons (Fsp3) is 0.263. The molecule has 0 unspecified atom stereocenters. The van der Waals surface area contributed by atoms with Crippen molar-refractivity contribution in [3.63, 3.8) is 0 Å². The van der Waals surface area contributed by atoms with Crippen LogP contribution in [0.5, 0.6) is 5.75 Å². The van der Waals surface area contributed by atoms with Gasteiger partial charge in [-0.15, -0.1) is 0 Å². The Hall–Kier alpha value is -2.82. The maximum Gasteiger partial charge on any atom is 0.262 e. The summed E-state index contributed by atoms with van der Waals surface area (Å²) in [6.45, 7) is 2.00. The maximum absolute atomic E-state index is 12.0. The molecular formula is C19H22N2O3. The van der Waals surface area contributed by atoms with Gasteiger partial charge in [0.2, 0.25) is 0 Å². The zero-order valence-corrected chi connectivity index (χ0v) is 14.2. The third-order valence-electron chi connectivity index (χ3n) is 3.50. The minimum atomic E-state index is -0.247. The third-order valence-corrected chi connectivity index (χ3v) is 3.50. The predicted octanol–water partition coefficient (Wildman–Crippen LogP) is 2.97. The first kappa shape index (κ1) is 17.5. The number of rotatable bonds is 6. The van der Waals surface area contributed by atoms with Gasteiger partial charge in [0.1, 0.15) is 5.75 Å². The van der Waals surface area contributed by atoms with Crippen molar-refractivity contribution in [2.75, 3.05) is 26.0 Å². The Labute approximate surface area is 142 Å². The molecule has 0 radical (unpaired) electrons. The first-order valence-corrected chi connectivity index (χ1v) is 7.83. The van der Waals surface area contributed by atoms with Gasteiger partial charge in [0.25, 0.3) is 11.8 Å². The topological polar surface area (TPSA) is 58.6 Å². The Morgan fingerprint density at radius 2 is 1.79 bits per heavy atom. The number of benzene rings is 2. The lowest BCUT2D eigenvalue weighted by molar-refractivity contribution is -0.118. The van der Waals surface area contributed by atoms with E-state index < -0.39 is 0 Å². The molecule has 0 aliphatic rings. The lowest BCUT2D eigenvalue weighted by Gasteiger charge is -2.11. The van der Waals surface area contributed by atoms with Gasteiger partial charge in [-0.3, -0.25) is 9.59 Å². The van der Waals surface area contributed by atoms with Crippen molar-refractivity contribution < 1.29 is 14.3 Å². The van der Waals surface area contributed by atoms with Gasteiger partial charge in [0.05, 0.1) is 0 Å². The molecule has 1 N–H and O–H groups in total. The van der Waals surface area contributed by atoms with Gasteiger partial charge in [-0.2, -0.15) is 0 Å². The Balaban J connectivity index is 1.89. The van der Waals surface area contributed by atoms with Crippen molar-refractivity contribution in [2.45, 2.75) is 13.3 Å². The van der Waals surface area contributed by atoms with E-state index >= 15 is 0 Å². The SMILES string of the molecule is CCc1cccc(OCC(=O)Nc2ccc(C(=O)N(C)C)cc2)c1. The lowest BCUT2D eigenvalue weighted by Crippen LogP contribution is -2.22. The molecule has 5 heteroatoms. The Morgan fingerprint density at radius 1 is 1.08 bits per heavy atom. The van der Waals surface area contributed by atoms with E-state index in [1.165, 1.54) is 4.90 Å². The average molecular weight is 326 g/mol. The van der Waals surface area contributed by atoms with Crippen LogP contribution in [0.1, 0.15) is 22.8 Å². The molecule has 0 bridgehead atoms. The van der Waals surface area contributed by atoms with E-state index in [0.29, 0.717) is 17.0 Å². The summed E-state index contributed by atoms with van der Waals surface area (Å²) < 4.78 is 5.50. The summed E-state index contributed by atoms with van der Waals surface area (Å²) in [5.74, 6) is 0.354. The predicted molar refractivity (Wildman–Crippen MR) is 94.4 cm³/mol. The van der Waals surface area contributed by atoms with Crippen molar-refractivity contribution in [1.29, 1.82) is 0 Å². The molecule has 0 aromatic heterocycles. The van der Waals surface area contributed by atoms with Crippen molar-refractivity contribution in [1.82, 2.24) is 4.90 Å². The second-order valence-corrected chi connectivity index (χ2v) is 5.61. The number of anilines is 1. The van der Waals surface area contributed by atoms with Gasteiger partial charge in [-0.25, -0.2) is 0 Å². The number of hydrogen-bond acceptors (Lipinski definition) is 3. The Bertz CT molecular complexity index is 709. The van der Waals surface area contributed by atoms with E-state index in [-0.39, 0.29) is 18.4 Å². The molecule has 0 saturated carbocycles. The monoisotopic (exact) mass is 326 g/mol. The van der Waals surface area contributed by atoms with Crippen LogP contribution >= 0.6 is 0 Å². The molecule has 2 amide bonds. The van der Waals surface area contributed by atoms with Gasteiger partial charge in [-0.1, -0.05) is 19.1 Å². The quantitative estimate of drug-likeness (QED) is 0.888. The van der Waals surface area contributed by atoms with Gasteiger partial charge in [0, 0.05) is 25.3 Å². The largest absolute Gasteiger partial charge is 0.484 e. The first-order chi connectivity index (χ1) is 11.5. The average Bonchev–Trinajstić information content (AvgIpc) is 2.60. The smallest absolute Gasteiger partial charge is 0.262 e. The van der Waals surface area contributed by atoms with Crippen LogP contribution in [-0.2, 0) is 11.2 Å². The van der Waals surface area contributed by atoms with Crippen LogP contribution in [0.3, 0.4) is 0 Å². The highest BCUT2D eigenvalue weighted by Gasteiger charge is 2.08. The highest BCUT2D eigenvalue weighted by molar-refractivity contribution is 5.95. The van der Waals surface area contributed by atoms with Crippen LogP contribution in [-0.4, -0.2) is 37.4 Å². The normalized spacial score (nSPS) is 10.1. The molecule has 0 heterocycles. The van der Waals surface area contributed by atoms with Crippen molar-refractivity contribution in [3.05, 3.63) is 59.7 Å². The summed E-state index contributed by atoms with van der Waals surface area (Å²) in [6.07, 6.45) is 0.918. The molecule has 0 aliphatic heterocycles. The van der Waals surface area contributed by atoms with E-state index in [9.17, 15) is 9.59 Å². The molecule has 0 atom stereocenters. The van der Waals surface area contributed by atoms with Crippen molar-refractivity contribution in [2.24, 2.45) is 0 Å². The molecule has 0 fully saturated rings. The molecule has 2 rings (SSSR count). The fourth-order valence-electron chi connectivity index (χ4n) is 2.16. The van der Waals surface area contributed by atoms with Crippen LogP contribution in [0.2, 0.25) is 0 Å². The molecule has 2 aromatic rings. The summed E-state index contributed by atoms with van der Waals surface area (Å²) >= 11 is 0. The second-order valence-electron chi connectivity index (χ2n) is 5.61. The number of amides is 2. The molecule has 2 aromatic carbocycles. The Morgan fingerprint density at radius 3 is 2.42 bits per heavy atom. The van der Waals surface area contributed by atoms with Gasteiger partial charge in [-0.05, 0) is 48.4 Å². The number of carbonyl (C=O) groups is 2. The fourth-order valence-corrected chi connectivity index (χ4v) is 2.16. The molecule has 0 aliphatic carbocycles. The van der Waals surface area contributed by atoms with E-state index in [2.05, 4.69) is 12.2 Å². The minimum absolute atomic E-state index is 0.0639. The lowest BCUT2D eigenvalue weighted by atomic mass is 10.2. The van der Waals surface area contributed by atoms with Crippen molar-refractivity contribution in [3.8, 4) is 5.75 Å². The molecule has 0 spiro atoms. The highest BCUT2D eigenvalue weighted by atomic mass is 16.5. The standard InChI is InChI=1S/C19H22N2O3/c1-4-14-6-5-7-17(12-14)24-13-18(22)20-16-10-8-15(9-11-16)19(23)21(2)3/h5-12H,4,13H2,1-3H3,(H,20,22). The molecule has 24 heavy (non-hydrogen) atoms. The summed E-state index contributed by atoms with van der Waals surface area (Å²) in [6, 6.07) is 14.4. The molecular weight excluding hydrogens is 304 g/mol. The van der Waals surface area contributed by atoms with E-state index in [4.69, 9.17) is 4.74 Å². The first-order valence-electron chi connectivity index (χ1n) is 7.83. The van der Waals surface area contributed by atoms with E-state index in [1.54, 1.807) is 38.4 Å². The maximum atomic E-state index is 12.0. The van der Waals surface area contributed by atoms with E-state index in [1.807, 2.05) is 24.3 Å². The zero-order valence-electron chi connectivity index (χ0n) is 14.2. The number of nitrogens with zero attached hydrogens (tertiary/aromatic N) is 1. The van der Waals surface area contributed by atoms with Gasteiger partial charge in [0.15, 0.2) is 6.61 Å². The van der Waals surface area contributed by atoms with Gasteiger partial charge < -0.3 is 15.0 Å². The number of carbonyl (C=O) groups excluding carboxylic acids is 2. The minimum Gasteiger partial charge on any atom is -0.484 e. The number of ether oxygens (including phenoxy) is 1. The van der Waals surface area contributed by atoms with Crippen LogP contribution < -0.4 is 10.1 Å². The molecule has 0 saturated heterocycles. The summed E-state index contributed by atoms with van der Waals surface area (Å²) in [4.78, 5) is 25.3. The van der Waals surface area contributed by atoms with Crippen LogP contribution in [0, 0.1) is 0 Å². The summed E-state index contributed by atoms with van der Waals surface area (Å²) in [5.41, 5.74) is 2.36. The van der Waals surface area contributed by atoms with Crippen LogP contribution in [0.15, 0.2) is 48.5 Å². The highest BCUT2D eigenvalue weighted by Crippen LogP contribution is 2.14. The van der Waals surface area contributed by atoms with Crippen LogP contribution in [0.25, 0.3) is 0 Å².